The van der Waals surface area contributed by atoms with Crippen LogP contribution in [0.4, 0.5) is 0 Å². The van der Waals surface area contributed by atoms with Gasteiger partial charge in [-0.15, -0.1) is 0 Å². The van der Waals surface area contributed by atoms with Crippen LogP contribution in [-0.2, 0) is 9.53 Å². The van der Waals surface area contributed by atoms with E-state index in [1.165, 1.54) is 6.26 Å². The van der Waals surface area contributed by atoms with Crippen LogP contribution < -0.4 is 11.1 Å². The molecule has 88 valence electrons. The van der Waals surface area contributed by atoms with Crippen molar-refractivity contribution in [3.63, 3.8) is 0 Å². The standard InChI is InChI=1S/C11H22N2O2/c1-4-9(3)10(12)11(14)13-7-6-8-15-5-2/h5,9-10H,2,4,6-8,12H2,1,3H3,(H,13,14). The highest BCUT2D eigenvalue weighted by molar-refractivity contribution is 5.81. The van der Waals surface area contributed by atoms with E-state index in [0.29, 0.717) is 13.2 Å². The van der Waals surface area contributed by atoms with Crippen molar-refractivity contribution in [2.45, 2.75) is 32.7 Å². The Balaban J connectivity index is 3.60. The number of rotatable bonds is 8. The molecule has 0 rings (SSSR count). The lowest BCUT2D eigenvalue weighted by Gasteiger charge is -2.17. The summed E-state index contributed by atoms with van der Waals surface area (Å²) in [5.41, 5.74) is 5.75. The molecule has 0 aliphatic heterocycles. The molecular weight excluding hydrogens is 192 g/mol. The molecule has 4 heteroatoms. The maximum Gasteiger partial charge on any atom is 0.237 e. The van der Waals surface area contributed by atoms with Crippen molar-refractivity contribution in [2.24, 2.45) is 11.7 Å². The normalized spacial score (nSPS) is 14.1. The minimum Gasteiger partial charge on any atom is -0.502 e. The molecule has 0 saturated heterocycles. The van der Waals surface area contributed by atoms with Crippen LogP contribution in [0.25, 0.3) is 0 Å². The average Bonchev–Trinajstić information content (AvgIpc) is 2.26. The van der Waals surface area contributed by atoms with Gasteiger partial charge in [0.25, 0.3) is 0 Å². The van der Waals surface area contributed by atoms with Gasteiger partial charge in [-0.3, -0.25) is 4.79 Å². The van der Waals surface area contributed by atoms with Crippen LogP contribution in [0.15, 0.2) is 12.8 Å². The zero-order valence-corrected chi connectivity index (χ0v) is 9.66. The lowest BCUT2D eigenvalue weighted by atomic mass is 9.99. The summed E-state index contributed by atoms with van der Waals surface area (Å²) >= 11 is 0. The van der Waals surface area contributed by atoms with Crippen LogP contribution in [0.5, 0.6) is 0 Å². The molecule has 15 heavy (non-hydrogen) atoms. The van der Waals surface area contributed by atoms with Gasteiger partial charge < -0.3 is 15.8 Å². The second kappa shape index (κ2) is 8.29. The van der Waals surface area contributed by atoms with Gasteiger partial charge in [0.2, 0.25) is 5.91 Å². The van der Waals surface area contributed by atoms with Crippen LogP contribution in [0, 0.1) is 5.92 Å². The number of nitrogens with two attached hydrogens (primary N) is 1. The maximum atomic E-state index is 11.5. The molecule has 0 saturated carbocycles. The fourth-order valence-electron chi connectivity index (χ4n) is 1.08. The number of hydrogen-bond acceptors (Lipinski definition) is 3. The van der Waals surface area contributed by atoms with E-state index in [1.807, 2.05) is 13.8 Å². The van der Waals surface area contributed by atoms with Gasteiger partial charge in [-0.2, -0.15) is 0 Å². The van der Waals surface area contributed by atoms with E-state index in [-0.39, 0.29) is 11.8 Å². The monoisotopic (exact) mass is 214 g/mol. The van der Waals surface area contributed by atoms with Crippen molar-refractivity contribution in [1.29, 1.82) is 0 Å². The molecule has 4 nitrogen and oxygen atoms in total. The smallest absolute Gasteiger partial charge is 0.237 e. The van der Waals surface area contributed by atoms with Gasteiger partial charge in [-0.05, 0) is 12.3 Å². The SMILES string of the molecule is C=COCCCNC(=O)C(N)C(C)CC. The first kappa shape index (κ1) is 14.0. The molecule has 0 bridgehead atoms. The quantitative estimate of drug-likeness (QED) is 0.468. The van der Waals surface area contributed by atoms with E-state index in [4.69, 9.17) is 10.5 Å². The fourth-order valence-corrected chi connectivity index (χ4v) is 1.08. The molecule has 0 aliphatic rings. The van der Waals surface area contributed by atoms with E-state index < -0.39 is 6.04 Å². The van der Waals surface area contributed by atoms with Crippen molar-refractivity contribution in [3.05, 3.63) is 12.8 Å². The third kappa shape index (κ3) is 6.12. The highest BCUT2D eigenvalue weighted by atomic mass is 16.5. The lowest BCUT2D eigenvalue weighted by molar-refractivity contribution is -0.123. The summed E-state index contributed by atoms with van der Waals surface area (Å²) in [5.74, 6) is 0.136. The summed E-state index contributed by atoms with van der Waals surface area (Å²) in [4.78, 5) is 11.5. The molecule has 2 atom stereocenters. The van der Waals surface area contributed by atoms with Gasteiger partial charge in [-0.1, -0.05) is 26.8 Å². The Morgan fingerprint density at radius 3 is 2.87 bits per heavy atom. The Hall–Kier alpha value is -1.03. The number of hydrogen-bond donors (Lipinski definition) is 2. The second-order valence-corrected chi connectivity index (χ2v) is 3.59. The highest BCUT2D eigenvalue weighted by Gasteiger charge is 2.18. The molecule has 0 aromatic heterocycles. The van der Waals surface area contributed by atoms with Gasteiger partial charge in [0.15, 0.2) is 0 Å². The molecule has 0 radical (unpaired) electrons. The average molecular weight is 214 g/mol. The molecule has 0 aromatic carbocycles. The zero-order valence-electron chi connectivity index (χ0n) is 9.66. The Morgan fingerprint density at radius 1 is 1.67 bits per heavy atom. The van der Waals surface area contributed by atoms with E-state index in [2.05, 4.69) is 11.9 Å². The van der Waals surface area contributed by atoms with E-state index in [0.717, 1.165) is 12.8 Å². The fraction of sp³-hybridized carbons (Fsp3) is 0.727. The van der Waals surface area contributed by atoms with Crippen LogP contribution in [0.3, 0.4) is 0 Å². The first-order chi connectivity index (χ1) is 7.13. The van der Waals surface area contributed by atoms with Crippen LogP contribution in [0.1, 0.15) is 26.7 Å². The Labute approximate surface area is 91.9 Å². The first-order valence-corrected chi connectivity index (χ1v) is 5.39. The summed E-state index contributed by atoms with van der Waals surface area (Å²) in [6.45, 7) is 8.59. The van der Waals surface area contributed by atoms with Crippen LogP contribution in [0.2, 0.25) is 0 Å². The maximum absolute atomic E-state index is 11.5. The predicted molar refractivity (Wildman–Crippen MR) is 61.2 cm³/mol. The van der Waals surface area contributed by atoms with E-state index in [9.17, 15) is 4.79 Å². The van der Waals surface area contributed by atoms with Gasteiger partial charge in [0, 0.05) is 6.54 Å². The van der Waals surface area contributed by atoms with Gasteiger partial charge >= 0.3 is 0 Å². The van der Waals surface area contributed by atoms with Crippen LogP contribution >= 0.6 is 0 Å². The summed E-state index contributed by atoms with van der Waals surface area (Å²) in [7, 11) is 0. The summed E-state index contributed by atoms with van der Waals surface area (Å²) in [5, 5.41) is 2.78. The summed E-state index contributed by atoms with van der Waals surface area (Å²) in [6.07, 6.45) is 3.08. The number of amides is 1. The lowest BCUT2D eigenvalue weighted by Crippen LogP contribution is -2.44. The molecule has 0 fully saturated rings. The zero-order chi connectivity index (χ0) is 11.7. The van der Waals surface area contributed by atoms with Gasteiger partial charge in [0.05, 0.1) is 18.9 Å². The molecule has 0 aliphatic carbocycles. The Morgan fingerprint density at radius 2 is 2.33 bits per heavy atom. The van der Waals surface area contributed by atoms with Crippen molar-refractivity contribution >= 4 is 5.91 Å². The van der Waals surface area contributed by atoms with Crippen molar-refractivity contribution in [3.8, 4) is 0 Å². The van der Waals surface area contributed by atoms with E-state index in [1.54, 1.807) is 0 Å². The topological polar surface area (TPSA) is 64.3 Å². The predicted octanol–water partition coefficient (Wildman–Crippen LogP) is 1.03. The molecule has 1 amide bonds. The molecule has 2 unspecified atom stereocenters. The van der Waals surface area contributed by atoms with Crippen molar-refractivity contribution in [2.75, 3.05) is 13.2 Å². The Kier molecular flexibility index (Phi) is 7.72. The molecule has 0 aromatic rings. The highest BCUT2D eigenvalue weighted by Crippen LogP contribution is 2.04. The minimum absolute atomic E-state index is 0.0806. The second-order valence-electron chi connectivity index (χ2n) is 3.59. The molecule has 0 heterocycles. The Bertz CT molecular complexity index is 195. The van der Waals surface area contributed by atoms with Crippen molar-refractivity contribution < 1.29 is 9.53 Å². The number of ether oxygens (including phenoxy) is 1. The number of carbonyl (C=O) groups is 1. The van der Waals surface area contributed by atoms with Gasteiger partial charge in [0.1, 0.15) is 0 Å². The molecule has 3 N–H and O–H groups in total. The van der Waals surface area contributed by atoms with Gasteiger partial charge in [-0.25, -0.2) is 0 Å². The largest absolute Gasteiger partial charge is 0.502 e. The first-order valence-electron chi connectivity index (χ1n) is 5.39. The van der Waals surface area contributed by atoms with Crippen molar-refractivity contribution in [1.82, 2.24) is 5.32 Å². The number of nitrogens with one attached hydrogen (secondary N) is 1. The summed E-state index contributed by atoms with van der Waals surface area (Å²) < 4.78 is 4.93. The number of carbonyl (C=O) groups excluding carboxylic acids is 1. The third-order valence-electron chi connectivity index (χ3n) is 2.42. The molecule has 0 spiro atoms. The minimum atomic E-state index is -0.407. The summed E-state index contributed by atoms with van der Waals surface area (Å²) in [6, 6.07) is -0.407. The third-order valence-corrected chi connectivity index (χ3v) is 2.42. The molecular formula is C11H22N2O2. The van der Waals surface area contributed by atoms with Crippen LogP contribution in [-0.4, -0.2) is 25.1 Å². The van der Waals surface area contributed by atoms with E-state index >= 15 is 0 Å².